The maximum atomic E-state index is 14.7. The third-order valence-corrected chi connectivity index (χ3v) is 3.28. The van der Waals surface area contributed by atoms with Gasteiger partial charge in [-0.25, -0.2) is 4.39 Å². The van der Waals surface area contributed by atoms with E-state index in [0.717, 1.165) is 0 Å². The molecule has 0 bridgehead atoms. The number of allylic oxidation sites excluding steroid dienone is 2. The van der Waals surface area contributed by atoms with E-state index in [2.05, 4.69) is 0 Å². The lowest BCUT2D eigenvalue weighted by atomic mass is 9.67. The van der Waals surface area contributed by atoms with Gasteiger partial charge in [-0.3, -0.25) is 0 Å². The van der Waals surface area contributed by atoms with Crippen molar-refractivity contribution in [3.63, 3.8) is 0 Å². The molecule has 0 aliphatic heterocycles. The standard InChI is InChI=1S/C12H20FN/c1-9(2)11(13)7-5-6-8-12(11,14)10(3)4/h5-10H,14H2,1-4H3. The van der Waals surface area contributed by atoms with Crippen LogP contribution in [0.5, 0.6) is 0 Å². The van der Waals surface area contributed by atoms with Crippen LogP contribution in [0.25, 0.3) is 0 Å². The van der Waals surface area contributed by atoms with Gasteiger partial charge in [0.05, 0.1) is 5.54 Å². The summed E-state index contributed by atoms with van der Waals surface area (Å²) >= 11 is 0. The van der Waals surface area contributed by atoms with Crippen LogP contribution in [0.4, 0.5) is 4.39 Å². The molecule has 1 rings (SSSR count). The molecule has 0 spiro atoms. The lowest BCUT2D eigenvalue weighted by Crippen LogP contribution is -2.62. The van der Waals surface area contributed by atoms with Crippen LogP contribution in [0.2, 0.25) is 0 Å². The highest BCUT2D eigenvalue weighted by Crippen LogP contribution is 2.41. The highest BCUT2D eigenvalue weighted by atomic mass is 19.1. The minimum Gasteiger partial charge on any atom is -0.319 e. The van der Waals surface area contributed by atoms with E-state index >= 15 is 0 Å². The van der Waals surface area contributed by atoms with Crippen molar-refractivity contribution in [1.29, 1.82) is 0 Å². The van der Waals surface area contributed by atoms with Gasteiger partial charge in [-0.05, 0) is 17.9 Å². The molecule has 0 aromatic rings. The third kappa shape index (κ3) is 1.42. The molecule has 0 saturated heterocycles. The van der Waals surface area contributed by atoms with Crippen LogP contribution in [0.1, 0.15) is 27.7 Å². The van der Waals surface area contributed by atoms with Gasteiger partial charge in [-0.2, -0.15) is 0 Å². The summed E-state index contributed by atoms with van der Waals surface area (Å²) in [6.45, 7) is 7.65. The van der Waals surface area contributed by atoms with Crippen molar-refractivity contribution in [2.24, 2.45) is 17.6 Å². The van der Waals surface area contributed by atoms with E-state index < -0.39 is 11.2 Å². The quantitative estimate of drug-likeness (QED) is 0.723. The summed E-state index contributed by atoms with van der Waals surface area (Å²) in [4.78, 5) is 0. The first kappa shape index (κ1) is 11.4. The monoisotopic (exact) mass is 197 g/mol. The normalized spacial score (nSPS) is 37.1. The summed E-state index contributed by atoms with van der Waals surface area (Å²) in [5, 5.41) is 0. The summed E-state index contributed by atoms with van der Waals surface area (Å²) in [6, 6.07) is 0. The summed E-state index contributed by atoms with van der Waals surface area (Å²) in [5.41, 5.74) is 3.85. The Labute approximate surface area is 85.9 Å². The summed E-state index contributed by atoms with van der Waals surface area (Å²) in [5.74, 6) is -0.0350. The molecule has 2 heteroatoms. The first-order chi connectivity index (χ1) is 6.34. The smallest absolute Gasteiger partial charge is 0.153 e. The maximum Gasteiger partial charge on any atom is 0.153 e. The lowest BCUT2D eigenvalue weighted by molar-refractivity contribution is 0.0548. The van der Waals surface area contributed by atoms with Crippen LogP contribution in [-0.2, 0) is 0 Å². The number of alkyl halides is 1. The van der Waals surface area contributed by atoms with Gasteiger partial charge in [0.15, 0.2) is 5.67 Å². The SMILES string of the molecule is CC(C)C1(N)C=CC=CC1(F)C(C)C. The topological polar surface area (TPSA) is 26.0 Å². The van der Waals surface area contributed by atoms with Crippen molar-refractivity contribution in [3.05, 3.63) is 24.3 Å². The third-order valence-electron chi connectivity index (χ3n) is 3.28. The van der Waals surface area contributed by atoms with E-state index in [-0.39, 0.29) is 11.8 Å². The van der Waals surface area contributed by atoms with Gasteiger partial charge in [0.25, 0.3) is 0 Å². The molecule has 0 aromatic heterocycles. The molecule has 0 radical (unpaired) electrons. The molecule has 1 aliphatic carbocycles. The van der Waals surface area contributed by atoms with Gasteiger partial charge in [0, 0.05) is 0 Å². The molecule has 2 N–H and O–H groups in total. The van der Waals surface area contributed by atoms with E-state index in [1.165, 1.54) is 0 Å². The minimum absolute atomic E-state index is 0.0797. The highest BCUT2D eigenvalue weighted by Gasteiger charge is 2.51. The van der Waals surface area contributed by atoms with Gasteiger partial charge in [0.1, 0.15) is 0 Å². The van der Waals surface area contributed by atoms with Crippen LogP contribution in [-0.4, -0.2) is 11.2 Å². The number of halogens is 1. The van der Waals surface area contributed by atoms with E-state index in [4.69, 9.17) is 5.73 Å². The molecule has 2 unspecified atom stereocenters. The van der Waals surface area contributed by atoms with Gasteiger partial charge >= 0.3 is 0 Å². The molecule has 80 valence electrons. The Balaban J connectivity index is 3.16. The number of nitrogens with two attached hydrogens (primary N) is 1. The second-order valence-electron chi connectivity index (χ2n) is 4.73. The largest absolute Gasteiger partial charge is 0.319 e. The van der Waals surface area contributed by atoms with Gasteiger partial charge in [0.2, 0.25) is 0 Å². The van der Waals surface area contributed by atoms with Crippen molar-refractivity contribution in [1.82, 2.24) is 0 Å². The number of rotatable bonds is 2. The molecular formula is C12H20FN. The molecule has 2 atom stereocenters. The van der Waals surface area contributed by atoms with Crippen LogP contribution in [0.3, 0.4) is 0 Å². The predicted molar refractivity (Wildman–Crippen MR) is 58.7 cm³/mol. The molecule has 0 aromatic carbocycles. The second kappa shape index (κ2) is 3.50. The van der Waals surface area contributed by atoms with E-state index in [1.807, 2.05) is 33.8 Å². The maximum absolute atomic E-state index is 14.7. The Morgan fingerprint density at radius 1 is 1.00 bits per heavy atom. The second-order valence-corrected chi connectivity index (χ2v) is 4.73. The van der Waals surface area contributed by atoms with Gasteiger partial charge in [-0.15, -0.1) is 0 Å². The molecule has 0 heterocycles. The average Bonchev–Trinajstić information content (AvgIpc) is 2.09. The fourth-order valence-electron chi connectivity index (χ4n) is 2.01. The van der Waals surface area contributed by atoms with E-state index in [0.29, 0.717) is 0 Å². The Hall–Kier alpha value is -0.630. The fraction of sp³-hybridized carbons (Fsp3) is 0.667. The first-order valence-electron chi connectivity index (χ1n) is 5.19. The first-order valence-corrected chi connectivity index (χ1v) is 5.19. The molecule has 0 fully saturated rings. The number of hydrogen-bond acceptors (Lipinski definition) is 1. The molecule has 0 saturated carbocycles. The van der Waals surface area contributed by atoms with E-state index in [9.17, 15) is 4.39 Å². The van der Waals surface area contributed by atoms with Crippen LogP contribution in [0.15, 0.2) is 24.3 Å². The molecule has 1 aliphatic rings. The Bertz CT molecular complexity index is 239. The van der Waals surface area contributed by atoms with Gasteiger partial charge in [-0.1, -0.05) is 45.9 Å². The van der Waals surface area contributed by atoms with Crippen molar-refractivity contribution in [3.8, 4) is 0 Å². The van der Waals surface area contributed by atoms with Crippen LogP contribution >= 0.6 is 0 Å². The van der Waals surface area contributed by atoms with Crippen LogP contribution in [0, 0.1) is 11.8 Å². The number of hydrogen-bond donors (Lipinski definition) is 1. The summed E-state index contributed by atoms with van der Waals surface area (Å²) < 4.78 is 14.7. The Kier molecular flexibility index (Phi) is 2.86. The predicted octanol–water partition coefficient (Wildman–Crippen LogP) is 2.83. The zero-order chi connectivity index (χ0) is 11.0. The van der Waals surface area contributed by atoms with Crippen LogP contribution < -0.4 is 5.73 Å². The summed E-state index contributed by atoms with van der Waals surface area (Å²) in [7, 11) is 0. The zero-order valence-corrected chi connectivity index (χ0v) is 9.42. The summed E-state index contributed by atoms with van der Waals surface area (Å²) in [6.07, 6.45) is 6.96. The molecular weight excluding hydrogens is 177 g/mol. The highest BCUT2D eigenvalue weighted by molar-refractivity contribution is 5.33. The van der Waals surface area contributed by atoms with E-state index in [1.54, 1.807) is 18.2 Å². The minimum atomic E-state index is -1.43. The molecule has 14 heavy (non-hydrogen) atoms. The van der Waals surface area contributed by atoms with Crippen molar-refractivity contribution >= 4 is 0 Å². The van der Waals surface area contributed by atoms with Crippen molar-refractivity contribution < 1.29 is 4.39 Å². The van der Waals surface area contributed by atoms with Crippen molar-refractivity contribution in [2.75, 3.05) is 0 Å². The Morgan fingerprint density at radius 2 is 1.50 bits per heavy atom. The lowest BCUT2D eigenvalue weighted by Gasteiger charge is -2.46. The molecule has 0 amide bonds. The van der Waals surface area contributed by atoms with Gasteiger partial charge < -0.3 is 5.73 Å². The molecule has 1 nitrogen and oxygen atoms in total. The van der Waals surface area contributed by atoms with Crippen molar-refractivity contribution in [2.45, 2.75) is 38.9 Å². The fourth-order valence-corrected chi connectivity index (χ4v) is 2.01. The zero-order valence-electron chi connectivity index (χ0n) is 9.42. The average molecular weight is 197 g/mol. The Morgan fingerprint density at radius 3 is 1.86 bits per heavy atom.